The van der Waals surface area contributed by atoms with Gasteiger partial charge < -0.3 is 16.0 Å². The number of rotatable bonds is 4. The van der Waals surface area contributed by atoms with Gasteiger partial charge in [-0.1, -0.05) is 38.4 Å². The molecule has 150 valence electrons. The lowest BCUT2D eigenvalue weighted by molar-refractivity contribution is -0.136. The molecule has 1 aliphatic carbocycles. The van der Waals surface area contributed by atoms with E-state index in [1.807, 2.05) is 12.1 Å². The number of likely N-dealkylation sites (tertiary alicyclic amines) is 1. The first-order chi connectivity index (χ1) is 12.7. The van der Waals surface area contributed by atoms with Crippen LogP contribution >= 0.6 is 11.6 Å². The largest absolute Gasteiger partial charge is 0.350 e. The molecule has 2 aliphatic rings. The zero-order valence-corrected chi connectivity index (χ0v) is 17.6. The maximum absolute atomic E-state index is 12.6. The third kappa shape index (κ3) is 5.94. The van der Waals surface area contributed by atoms with Crippen LogP contribution in [0.4, 0.5) is 0 Å². The number of halogens is 1. The van der Waals surface area contributed by atoms with E-state index in [9.17, 15) is 9.59 Å². The summed E-state index contributed by atoms with van der Waals surface area (Å²) in [6.45, 7) is 9.52. The molecular weight excluding hydrogens is 362 g/mol. The molecule has 1 aromatic rings. The number of carbonyl (C=O) groups excluding carboxylic acids is 2. The van der Waals surface area contributed by atoms with Gasteiger partial charge in [-0.15, -0.1) is 0 Å². The average Bonchev–Trinajstić information content (AvgIpc) is 3.22. The predicted octanol–water partition coefficient (Wildman–Crippen LogP) is 3.48. The molecule has 0 bridgehead atoms. The Labute approximate surface area is 167 Å². The highest BCUT2D eigenvalue weighted by Crippen LogP contribution is 2.54. The van der Waals surface area contributed by atoms with Crippen LogP contribution in [-0.2, 0) is 22.7 Å². The van der Waals surface area contributed by atoms with E-state index in [1.165, 1.54) is 6.92 Å². The van der Waals surface area contributed by atoms with Crippen molar-refractivity contribution in [2.24, 2.45) is 17.1 Å². The molecule has 1 heterocycles. The van der Waals surface area contributed by atoms with Crippen LogP contribution in [0.2, 0.25) is 5.02 Å². The van der Waals surface area contributed by atoms with Gasteiger partial charge in [-0.3, -0.25) is 9.59 Å². The molecular formula is C21H32ClN3O2. The van der Waals surface area contributed by atoms with E-state index in [4.69, 9.17) is 17.3 Å². The van der Waals surface area contributed by atoms with Crippen LogP contribution in [0.15, 0.2) is 18.2 Å². The Morgan fingerprint density at radius 1 is 1.30 bits per heavy atom. The van der Waals surface area contributed by atoms with Gasteiger partial charge in [0.25, 0.3) is 0 Å². The third-order valence-corrected chi connectivity index (χ3v) is 5.25. The van der Waals surface area contributed by atoms with E-state index >= 15 is 0 Å². The fraction of sp³-hybridized carbons (Fsp3) is 0.619. The highest BCUT2D eigenvalue weighted by Gasteiger charge is 2.54. The summed E-state index contributed by atoms with van der Waals surface area (Å²) in [5, 5.41) is 3.57. The van der Waals surface area contributed by atoms with Crippen LogP contribution < -0.4 is 11.1 Å². The van der Waals surface area contributed by atoms with E-state index in [0.29, 0.717) is 24.7 Å². The van der Waals surface area contributed by atoms with Crippen LogP contribution in [0.25, 0.3) is 0 Å². The lowest BCUT2D eigenvalue weighted by Gasteiger charge is -2.22. The molecule has 1 aromatic carbocycles. The fourth-order valence-corrected chi connectivity index (χ4v) is 3.61. The topological polar surface area (TPSA) is 75.4 Å². The molecule has 2 amide bonds. The Balaban J connectivity index is 0.000000596. The van der Waals surface area contributed by atoms with Crippen LogP contribution in [0.5, 0.6) is 0 Å². The van der Waals surface area contributed by atoms with Gasteiger partial charge in [0.2, 0.25) is 11.8 Å². The quantitative estimate of drug-likeness (QED) is 0.822. The standard InChI is InChI=1S/C17H22ClN3O2.C4H10/c1-11(22)21-10-17(4-5-17)7-15(21)16(23)20-9-13-6-14(18)3-2-12(13)8-19;1-4(2)3/h2-3,6,15H,4-5,7-10,19H2,1H3,(H,20,23);4H,1-3H3. The van der Waals surface area contributed by atoms with Gasteiger partial charge in [-0.2, -0.15) is 0 Å². The van der Waals surface area contributed by atoms with Gasteiger partial charge in [-0.25, -0.2) is 0 Å². The smallest absolute Gasteiger partial charge is 0.243 e. The van der Waals surface area contributed by atoms with Gasteiger partial charge in [0.05, 0.1) is 0 Å². The molecule has 27 heavy (non-hydrogen) atoms. The van der Waals surface area contributed by atoms with Crippen molar-refractivity contribution >= 4 is 23.4 Å². The van der Waals surface area contributed by atoms with Crippen LogP contribution in [0.1, 0.15) is 58.1 Å². The molecule has 3 rings (SSSR count). The Hall–Kier alpha value is -1.59. The van der Waals surface area contributed by atoms with Crippen molar-refractivity contribution in [3.63, 3.8) is 0 Å². The molecule has 1 saturated heterocycles. The second-order valence-corrected chi connectivity index (χ2v) is 8.87. The molecule has 0 radical (unpaired) electrons. The number of nitrogens with two attached hydrogens (primary N) is 1. The van der Waals surface area contributed by atoms with E-state index < -0.39 is 0 Å². The van der Waals surface area contributed by atoms with Gasteiger partial charge in [0, 0.05) is 31.6 Å². The van der Waals surface area contributed by atoms with Crippen molar-refractivity contribution in [2.45, 2.75) is 66.1 Å². The van der Waals surface area contributed by atoms with Crippen molar-refractivity contribution in [2.75, 3.05) is 6.54 Å². The highest BCUT2D eigenvalue weighted by molar-refractivity contribution is 6.30. The Bertz CT molecular complexity index is 683. The molecule has 1 unspecified atom stereocenters. The summed E-state index contributed by atoms with van der Waals surface area (Å²) < 4.78 is 0. The molecule has 1 saturated carbocycles. The normalized spacial score (nSPS) is 19.7. The number of carbonyl (C=O) groups is 2. The lowest BCUT2D eigenvalue weighted by Crippen LogP contribution is -2.45. The monoisotopic (exact) mass is 393 g/mol. The van der Waals surface area contributed by atoms with E-state index in [-0.39, 0.29) is 23.3 Å². The Morgan fingerprint density at radius 3 is 2.44 bits per heavy atom. The summed E-state index contributed by atoms with van der Waals surface area (Å²) in [6, 6.07) is 5.14. The minimum absolute atomic E-state index is 0.0284. The molecule has 1 spiro atoms. The summed E-state index contributed by atoms with van der Waals surface area (Å²) in [6.07, 6.45) is 3.01. The first-order valence-electron chi connectivity index (χ1n) is 9.70. The van der Waals surface area contributed by atoms with Gasteiger partial charge in [0.1, 0.15) is 6.04 Å². The molecule has 1 aliphatic heterocycles. The number of amides is 2. The first-order valence-corrected chi connectivity index (χ1v) is 10.1. The number of hydrogen-bond acceptors (Lipinski definition) is 3. The number of hydrogen-bond donors (Lipinski definition) is 2. The summed E-state index contributed by atoms with van der Waals surface area (Å²) in [5.74, 6) is 0.714. The van der Waals surface area contributed by atoms with E-state index in [0.717, 1.165) is 36.3 Å². The summed E-state index contributed by atoms with van der Waals surface area (Å²) in [4.78, 5) is 26.1. The molecule has 3 N–H and O–H groups in total. The van der Waals surface area contributed by atoms with Crippen molar-refractivity contribution in [3.05, 3.63) is 34.3 Å². The predicted molar refractivity (Wildman–Crippen MR) is 109 cm³/mol. The number of benzene rings is 1. The molecule has 6 heteroatoms. The molecule has 2 fully saturated rings. The maximum atomic E-state index is 12.6. The Kier molecular flexibility index (Phi) is 7.29. The van der Waals surface area contributed by atoms with Crippen LogP contribution in [0.3, 0.4) is 0 Å². The minimum atomic E-state index is -0.351. The fourth-order valence-electron chi connectivity index (χ4n) is 3.42. The molecule has 0 aromatic heterocycles. The van der Waals surface area contributed by atoms with Gasteiger partial charge in [0.15, 0.2) is 0 Å². The number of nitrogens with zero attached hydrogens (tertiary/aromatic N) is 1. The zero-order chi connectivity index (χ0) is 20.2. The number of nitrogens with one attached hydrogen (secondary N) is 1. The van der Waals surface area contributed by atoms with Crippen molar-refractivity contribution in [1.29, 1.82) is 0 Å². The van der Waals surface area contributed by atoms with Gasteiger partial charge in [-0.05, 0) is 53.9 Å². The average molecular weight is 394 g/mol. The van der Waals surface area contributed by atoms with E-state index in [1.54, 1.807) is 11.0 Å². The SMILES string of the molecule is CC(=O)N1CC2(CC2)CC1C(=O)NCc1cc(Cl)ccc1CN.CC(C)C. The second kappa shape index (κ2) is 9.07. The summed E-state index contributed by atoms with van der Waals surface area (Å²) >= 11 is 6.02. The highest BCUT2D eigenvalue weighted by atomic mass is 35.5. The van der Waals surface area contributed by atoms with Crippen molar-refractivity contribution in [1.82, 2.24) is 10.2 Å². The van der Waals surface area contributed by atoms with Gasteiger partial charge >= 0.3 is 0 Å². The van der Waals surface area contributed by atoms with Crippen molar-refractivity contribution < 1.29 is 9.59 Å². The second-order valence-electron chi connectivity index (χ2n) is 8.43. The third-order valence-electron chi connectivity index (χ3n) is 5.01. The summed E-state index contributed by atoms with van der Waals surface area (Å²) in [7, 11) is 0. The van der Waals surface area contributed by atoms with E-state index in [2.05, 4.69) is 26.1 Å². The lowest BCUT2D eigenvalue weighted by atomic mass is 10.0. The zero-order valence-electron chi connectivity index (χ0n) is 16.8. The van der Waals surface area contributed by atoms with Crippen LogP contribution in [-0.4, -0.2) is 29.3 Å². The van der Waals surface area contributed by atoms with Crippen molar-refractivity contribution in [3.8, 4) is 0 Å². The maximum Gasteiger partial charge on any atom is 0.243 e. The molecule has 5 nitrogen and oxygen atoms in total. The van der Waals surface area contributed by atoms with Crippen LogP contribution in [0, 0.1) is 11.3 Å². The first kappa shape index (κ1) is 21.7. The summed E-state index contributed by atoms with van der Waals surface area (Å²) in [5.41, 5.74) is 7.81. The minimum Gasteiger partial charge on any atom is -0.350 e. The Morgan fingerprint density at radius 2 is 1.93 bits per heavy atom. The molecule has 1 atom stereocenters.